The molecule has 0 aliphatic carbocycles. The highest BCUT2D eigenvalue weighted by molar-refractivity contribution is 5.90. The Balaban J connectivity index is 1.64. The molecule has 1 amide bonds. The number of nitrogens with two attached hydrogens (primary N) is 1. The number of benzene rings is 3. The van der Waals surface area contributed by atoms with Gasteiger partial charge in [-0.1, -0.05) is 48.5 Å². The molecule has 5 nitrogen and oxygen atoms in total. The number of nitrogens with one attached hydrogen (secondary N) is 1. The summed E-state index contributed by atoms with van der Waals surface area (Å²) in [6.45, 7) is 5.96. The number of rotatable bonds is 5. The third-order valence-electron chi connectivity index (χ3n) is 4.12. The van der Waals surface area contributed by atoms with E-state index in [4.69, 9.17) is 15.2 Å². The molecule has 0 fully saturated rings. The summed E-state index contributed by atoms with van der Waals surface area (Å²) in [5, 5.41) is 2.68. The number of anilines is 2. The number of carbonyl (C=O) groups is 1. The Bertz CT molecular complexity index is 962. The molecular formula is C24H26N2O3. The monoisotopic (exact) mass is 390 g/mol. The van der Waals surface area contributed by atoms with Crippen molar-refractivity contribution in [2.24, 2.45) is 0 Å². The first-order chi connectivity index (χ1) is 13.8. The quantitative estimate of drug-likeness (QED) is 0.535. The summed E-state index contributed by atoms with van der Waals surface area (Å²) in [7, 11) is 0. The Labute approximate surface area is 171 Å². The van der Waals surface area contributed by atoms with E-state index in [0.29, 0.717) is 18.0 Å². The molecule has 0 aromatic heterocycles. The lowest BCUT2D eigenvalue weighted by Crippen LogP contribution is -2.27. The second kappa shape index (κ2) is 8.69. The molecule has 0 heterocycles. The van der Waals surface area contributed by atoms with E-state index in [1.54, 1.807) is 6.07 Å². The lowest BCUT2D eigenvalue weighted by molar-refractivity contribution is 0.0636. The van der Waals surface area contributed by atoms with E-state index >= 15 is 0 Å². The van der Waals surface area contributed by atoms with Crippen molar-refractivity contribution in [2.75, 3.05) is 11.1 Å². The highest BCUT2D eigenvalue weighted by atomic mass is 16.6. The Morgan fingerprint density at radius 3 is 2.21 bits per heavy atom. The van der Waals surface area contributed by atoms with Gasteiger partial charge >= 0.3 is 6.09 Å². The van der Waals surface area contributed by atoms with Crippen molar-refractivity contribution in [1.29, 1.82) is 0 Å². The molecule has 0 bridgehead atoms. The van der Waals surface area contributed by atoms with Gasteiger partial charge in [0.2, 0.25) is 0 Å². The van der Waals surface area contributed by atoms with Gasteiger partial charge in [0.1, 0.15) is 18.0 Å². The van der Waals surface area contributed by atoms with E-state index in [1.165, 1.54) is 0 Å². The zero-order valence-electron chi connectivity index (χ0n) is 16.9. The molecule has 0 radical (unpaired) electrons. The summed E-state index contributed by atoms with van der Waals surface area (Å²) in [5.74, 6) is 0.800. The molecule has 29 heavy (non-hydrogen) atoms. The average molecular weight is 390 g/mol. The van der Waals surface area contributed by atoms with Crippen LogP contribution in [0.25, 0.3) is 11.1 Å². The highest BCUT2D eigenvalue weighted by Crippen LogP contribution is 2.29. The summed E-state index contributed by atoms with van der Waals surface area (Å²) < 4.78 is 11.1. The number of hydrogen-bond acceptors (Lipinski definition) is 4. The van der Waals surface area contributed by atoms with Gasteiger partial charge in [-0.3, -0.25) is 5.32 Å². The number of nitrogen functional groups attached to an aromatic ring is 1. The second-order valence-electron chi connectivity index (χ2n) is 7.73. The smallest absolute Gasteiger partial charge is 0.412 e. The number of amides is 1. The first kappa shape index (κ1) is 20.3. The summed E-state index contributed by atoms with van der Waals surface area (Å²) in [4.78, 5) is 11.9. The molecule has 0 aliphatic heterocycles. The predicted molar refractivity (Wildman–Crippen MR) is 117 cm³/mol. The van der Waals surface area contributed by atoms with Gasteiger partial charge in [-0.2, -0.15) is 0 Å². The summed E-state index contributed by atoms with van der Waals surface area (Å²) in [6.07, 6.45) is -0.531. The third kappa shape index (κ3) is 6.01. The summed E-state index contributed by atoms with van der Waals surface area (Å²) in [6, 6.07) is 23.4. The standard InChI is InChI=1S/C24H26N2O3/c1-24(2,3)29-23(27)26-22-14-11-19(15-21(22)25)18-9-12-20(13-10-18)28-16-17-7-5-4-6-8-17/h4-15H,16,25H2,1-3H3,(H,26,27). The minimum atomic E-state index is -0.566. The molecule has 5 heteroatoms. The molecule has 150 valence electrons. The van der Waals surface area contributed by atoms with Crippen LogP contribution in [0.15, 0.2) is 72.8 Å². The van der Waals surface area contributed by atoms with Gasteiger partial charge in [0, 0.05) is 0 Å². The van der Waals surface area contributed by atoms with E-state index in [-0.39, 0.29) is 0 Å². The van der Waals surface area contributed by atoms with Crippen LogP contribution in [0, 0.1) is 0 Å². The van der Waals surface area contributed by atoms with E-state index in [0.717, 1.165) is 22.4 Å². The topological polar surface area (TPSA) is 73.6 Å². The number of ether oxygens (including phenoxy) is 2. The Morgan fingerprint density at radius 2 is 1.59 bits per heavy atom. The van der Waals surface area contributed by atoms with E-state index in [1.807, 2.05) is 87.5 Å². The van der Waals surface area contributed by atoms with Crippen molar-refractivity contribution in [1.82, 2.24) is 0 Å². The first-order valence-corrected chi connectivity index (χ1v) is 9.47. The molecule has 3 N–H and O–H groups in total. The van der Waals surface area contributed by atoms with Crippen molar-refractivity contribution in [3.63, 3.8) is 0 Å². The van der Waals surface area contributed by atoms with Crippen LogP contribution in [-0.4, -0.2) is 11.7 Å². The molecule has 0 unspecified atom stereocenters. The minimum absolute atomic E-state index is 0.470. The Morgan fingerprint density at radius 1 is 0.931 bits per heavy atom. The van der Waals surface area contributed by atoms with Gasteiger partial charge in [-0.25, -0.2) is 4.79 Å². The van der Waals surface area contributed by atoms with E-state index in [2.05, 4.69) is 5.32 Å². The Kier molecular flexibility index (Phi) is 6.07. The van der Waals surface area contributed by atoms with Gasteiger partial charge in [-0.15, -0.1) is 0 Å². The molecule has 3 aromatic carbocycles. The fraction of sp³-hybridized carbons (Fsp3) is 0.208. The maximum absolute atomic E-state index is 11.9. The van der Waals surface area contributed by atoms with E-state index in [9.17, 15) is 4.79 Å². The fourth-order valence-corrected chi connectivity index (χ4v) is 2.75. The largest absolute Gasteiger partial charge is 0.489 e. The van der Waals surface area contributed by atoms with Gasteiger partial charge in [0.05, 0.1) is 11.4 Å². The van der Waals surface area contributed by atoms with E-state index < -0.39 is 11.7 Å². The summed E-state index contributed by atoms with van der Waals surface area (Å²) in [5.41, 5.74) is 9.62. The zero-order chi connectivity index (χ0) is 20.9. The van der Waals surface area contributed by atoms with Gasteiger partial charge in [-0.05, 0) is 61.7 Å². The fourth-order valence-electron chi connectivity index (χ4n) is 2.75. The van der Waals surface area contributed by atoms with Crippen LogP contribution in [-0.2, 0) is 11.3 Å². The second-order valence-corrected chi connectivity index (χ2v) is 7.73. The predicted octanol–water partition coefficient (Wildman–Crippen LogP) is 5.86. The van der Waals surface area contributed by atoms with Crippen molar-refractivity contribution >= 4 is 17.5 Å². The maximum Gasteiger partial charge on any atom is 0.412 e. The van der Waals surface area contributed by atoms with Crippen LogP contribution in [0.1, 0.15) is 26.3 Å². The Hall–Kier alpha value is -3.47. The molecular weight excluding hydrogens is 364 g/mol. The van der Waals surface area contributed by atoms with Crippen molar-refractivity contribution in [2.45, 2.75) is 33.0 Å². The molecule has 0 saturated carbocycles. The van der Waals surface area contributed by atoms with Crippen LogP contribution < -0.4 is 15.8 Å². The third-order valence-corrected chi connectivity index (χ3v) is 4.12. The van der Waals surface area contributed by atoms with Gasteiger partial charge in [0.25, 0.3) is 0 Å². The maximum atomic E-state index is 11.9. The normalized spacial score (nSPS) is 11.0. The first-order valence-electron chi connectivity index (χ1n) is 9.47. The van der Waals surface area contributed by atoms with Crippen LogP contribution >= 0.6 is 0 Å². The summed E-state index contributed by atoms with van der Waals surface area (Å²) >= 11 is 0. The van der Waals surface area contributed by atoms with Crippen molar-refractivity contribution in [3.05, 3.63) is 78.4 Å². The van der Waals surface area contributed by atoms with Crippen LogP contribution in [0.2, 0.25) is 0 Å². The zero-order valence-corrected chi connectivity index (χ0v) is 16.9. The SMILES string of the molecule is CC(C)(C)OC(=O)Nc1ccc(-c2ccc(OCc3ccccc3)cc2)cc1N. The minimum Gasteiger partial charge on any atom is -0.489 e. The molecule has 0 atom stereocenters. The lowest BCUT2D eigenvalue weighted by atomic mass is 10.0. The number of hydrogen-bond donors (Lipinski definition) is 2. The molecule has 0 aliphatic rings. The number of carbonyl (C=O) groups excluding carboxylic acids is 1. The van der Waals surface area contributed by atoms with Crippen LogP contribution in [0.3, 0.4) is 0 Å². The van der Waals surface area contributed by atoms with Gasteiger partial charge < -0.3 is 15.2 Å². The van der Waals surface area contributed by atoms with Crippen molar-refractivity contribution < 1.29 is 14.3 Å². The van der Waals surface area contributed by atoms with Gasteiger partial charge in [0.15, 0.2) is 0 Å². The average Bonchev–Trinajstić information content (AvgIpc) is 2.68. The molecule has 0 saturated heterocycles. The molecule has 0 spiro atoms. The van der Waals surface area contributed by atoms with Crippen LogP contribution in [0.4, 0.5) is 16.2 Å². The lowest BCUT2D eigenvalue weighted by Gasteiger charge is -2.20. The van der Waals surface area contributed by atoms with Crippen molar-refractivity contribution in [3.8, 4) is 16.9 Å². The van der Waals surface area contributed by atoms with Crippen LogP contribution in [0.5, 0.6) is 5.75 Å². The molecule has 3 rings (SSSR count). The highest BCUT2D eigenvalue weighted by Gasteiger charge is 2.17. The molecule has 3 aromatic rings.